The van der Waals surface area contributed by atoms with Crippen molar-refractivity contribution in [3.05, 3.63) is 29.8 Å². The summed E-state index contributed by atoms with van der Waals surface area (Å²) in [4.78, 5) is 2.52. The molecule has 116 valence electrons. The highest BCUT2D eigenvalue weighted by Gasteiger charge is 2.22. The van der Waals surface area contributed by atoms with Crippen molar-refractivity contribution in [3.8, 4) is 0 Å². The van der Waals surface area contributed by atoms with Gasteiger partial charge >= 0.3 is 0 Å². The standard InChI is InChI=1S/C17H27N3S/c1-4-20-11-5-6-16(20)12-18-17(21)19-15-9-7-14(8-10-15)13(2)3/h7-10,13,16H,4-6,11-12H2,1-3H3,(H2,18,19,21). The van der Waals surface area contributed by atoms with Crippen molar-refractivity contribution < 1.29 is 0 Å². The van der Waals surface area contributed by atoms with Gasteiger partial charge in [0.15, 0.2) is 5.11 Å². The molecule has 0 spiro atoms. The molecule has 1 saturated heterocycles. The first kappa shape index (κ1) is 16.2. The molecular formula is C17H27N3S. The molecule has 0 radical (unpaired) electrons. The fraction of sp³-hybridized carbons (Fsp3) is 0.588. The van der Waals surface area contributed by atoms with E-state index in [0.717, 1.165) is 23.9 Å². The number of thiocarbonyl (C=S) groups is 1. The van der Waals surface area contributed by atoms with Crippen molar-refractivity contribution in [2.45, 2.75) is 45.6 Å². The average molecular weight is 305 g/mol. The molecule has 0 saturated carbocycles. The molecule has 1 fully saturated rings. The zero-order valence-electron chi connectivity index (χ0n) is 13.4. The van der Waals surface area contributed by atoms with Gasteiger partial charge in [0.2, 0.25) is 0 Å². The van der Waals surface area contributed by atoms with Gasteiger partial charge in [0.25, 0.3) is 0 Å². The molecule has 0 bridgehead atoms. The number of benzene rings is 1. The van der Waals surface area contributed by atoms with Gasteiger partial charge < -0.3 is 10.6 Å². The molecular weight excluding hydrogens is 278 g/mol. The Balaban J connectivity index is 1.79. The maximum atomic E-state index is 5.39. The van der Waals surface area contributed by atoms with Gasteiger partial charge in [-0.25, -0.2) is 0 Å². The molecule has 1 aliphatic heterocycles. The molecule has 0 amide bonds. The van der Waals surface area contributed by atoms with Crippen LogP contribution in [0.2, 0.25) is 0 Å². The summed E-state index contributed by atoms with van der Waals surface area (Å²) in [6.45, 7) is 9.92. The van der Waals surface area contributed by atoms with E-state index in [1.54, 1.807) is 0 Å². The van der Waals surface area contributed by atoms with Gasteiger partial charge in [-0.05, 0) is 61.8 Å². The van der Waals surface area contributed by atoms with Crippen LogP contribution in [0.15, 0.2) is 24.3 Å². The predicted molar refractivity (Wildman–Crippen MR) is 95.0 cm³/mol. The van der Waals surface area contributed by atoms with Crippen molar-refractivity contribution in [3.63, 3.8) is 0 Å². The lowest BCUT2D eigenvalue weighted by Crippen LogP contribution is -2.41. The molecule has 1 aromatic rings. The fourth-order valence-electron chi connectivity index (χ4n) is 2.88. The molecule has 1 atom stereocenters. The van der Waals surface area contributed by atoms with Crippen molar-refractivity contribution in [2.75, 3.05) is 25.0 Å². The molecule has 4 heteroatoms. The van der Waals surface area contributed by atoms with E-state index in [1.165, 1.54) is 24.9 Å². The second kappa shape index (κ2) is 7.76. The van der Waals surface area contributed by atoms with E-state index in [2.05, 4.69) is 60.6 Å². The van der Waals surface area contributed by atoms with Crippen LogP contribution in [0, 0.1) is 0 Å². The molecule has 2 N–H and O–H groups in total. The van der Waals surface area contributed by atoms with Gasteiger partial charge in [0.1, 0.15) is 0 Å². The molecule has 3 nitrogen and oxygen atoms in total. The third-order valence-electron chi connectivity index (χ3n) is 4.24. The lowest BCUT2D eigenvalue weighted by atomic mass is 10.0. The van der Waals surface area contributed by atoms with Crippen molar-refractivity contribution in [1.82, 2.24) is 10.2 Å². The number of nitrogens with zero attached hydrogens (tertiary/aromatic N) is 1. The van der Waals surface area contributed by atoms with Crippen molar-refractivity contribution in [1.29, 1.82) is 0 Å². The minimum Gasteiger partial charge on any atom is -0.361 e. The third kappa shape index (κ3) is 4.68. The van der Waals surface area contributed by atoms with E-state index in [1.807, 2.05) is 0 Å². The van der Waals surface area contributed by atoms with E-state index in [0.29, 0.717) is 12.0 Å². The van der Waals surface area contributed by atoms with Gasteiger partial charge in [-0.3, -0.25) is 4.90 Å². The Kier molecular flexibility index (Phi) is 6.00. The topological polar surface area (TPSA) is 27.3 Å². The maximum Gasteiger partial charge on any atom is 0.170 e. The molecule has 21 heavy (non-hydrogen) atoms. The summed E-state index contributed by atoms with van der Waals surface area (Å²) in [7, 11) is 0. The Morgan fingerprint density at radius 1 is 1.33 bits per heavy atom. The number of anilines is 1. The normalized spacial score (nSPS) is 19.0. The van der Waals surface area contributed by atoms with Gasteiger partial charge in [-0.2, -0.15) is 0 Å². The molecule has 1 heterocycles. The van der Waals surface area contributed by atoms with E-state index in [-0.39, 0.29) is 0 Å². The number of hydrogen-bond donors (Lipinski definition) is 2. The van der Waals surface area contributed by atoms with E-state index in [4.69, 9.17) is 12.2 Å². The summed E-state index contributed by atoms with van der Waals surface area (Å²) in [5.41, 5.74) is 2.40. The molecule has 2 rings (SSSR count). The second-order valence-corrected chi connectivity index (χ2v) is 6.44. The Hall–Kier alpha value is -1.13. The van der Waals surface area contributed by atoms with E-state index >= 15 is 0 Å². The molecule has 0 aliphatic carbocycles. The van der Waals surface area contributed by atoms with Crippen LogP contribution in [-0.2, 0) is 0 Å². The highest BCUT2D eigenvalue weighted by molar-refractivity contribution is 7.80. The summed E-state index contributed by atoms with van der Waals surface area (Å²) in [6, 6.07) is 9.13. The molecule has 1 unspecified atom stereocenters. The van der Waals surface area contributed by atoms with Crippen LogP contribution in [0.4, 0.5) is 5.69 Å². The smallest absolute Gasteiger partial charge is 0.170 e. The largest absolute Gasteiger partial charge is 0.361 e. The number of hydrogen-bond acceptors (Lipinski definition) is 2. The quantitative estimate of drug-likeness (QED) is 0.813. The number of likely N-dealkylation sites (tertiary alicyclic amines) is 1. The highest BCUT2D eigenvalue weighted by atomic mass is 32.1. The zero-order chi connectivity index (χ0) is 15.2. The number of rotatable bonds is 5. The summed E-state index contributed by atoms with van der Waals surface area (Å²) < 4.78 is 0. The average Bonchev–Trinajstić information content (AvgIpc) is 2.93. The van der Waals surface area contributed by atoms with Crippen LogP contribution in [0.1, 0.15) is 45.1 Å². The minimum absolute atomic E-state index is 0.562. The van der Waals surface area contributed by atoms with Crippen molar-refractivity contribution >= 4 is 23.0 Å². The first-order valence-corrected chi connectivity index (χ1v) is 8.39. The zero-order valence-corrected chi connectivity index (χ0v) is 14.2. The Bertz CT molecular complexity index is 456. The summed E-state index contributed by atoms with van der Waals surface area (Å²) >= 11 is 5.39. The Morgan fingerprint density at radius 3 is 2.67 bits per heavy atom. The van der Waals surface area contributed by atoms with Crippen LogP contribution in [0.25, 0.3) is 0 Å². The number of nitrogens with one attached hydrogen (secondary N) is 2. The molecule has 0 aromatic heterocycles. The number of likely N-dealkylation sites (N-methyl/N-ethyl adjacent to an activating group) is 1. The van der Waals surface area contributed by atoms with E-state index in [9.17, 15) is 0 Å². The van der Waals surface area contributed by atoms with Gasteiger partial charge in [0, 0.05) is 18.3 Å². The summed E-state index contributed by atoms with van der Waals surface area (Å²) in [6.07, 6.45) is 2.57. The van der Waals surface area contributed by atoms with Crippen LogP contribution in [0.5, 0.6) is 0 Å². The van der Waals surface area contributed by atoms with Gasteiger partial charge in [0.05, 0.1) is 0 Å². The molecule has 1 aliphatic rings. The SMILES string of the molecule is CCN1CCCC1CNC(=S)Nc1ccc(C(C)C)cc1. The Labute approximate surface area is 134 Å². The minimum atomic E-state index is 0.562. The van der Waals surface area contributed by atoms with Gasteiger partial charge in [-0.15, -0.1) is 0 Å². The first-order valence-electron chi connectivity index (χ1n) is 7.99. The fourth-order valence-corrected chi connectivity index (χ4v) is 3.08. The first-order chi connectivity index (χ1) is 10.1. The van der Waals surface area contributed by atoms with E-state index < -0.39 is 0 Å². The summed E-state index contributed by atoms with van der Waals surface area (Å²) in [5, 5.41) is 7.34. The van der Waals surface area contributed by atoms with Crippen LogP contribution >= 0.6 is 12.2 Å². The second-order valence-electron chi connectivity index (χ2n) is 6.04. The van der Waals surface area contributed by atoms with Crippen molar-refractivity contribution in [2.24, 2.45) is 0 Å². The maximum absolute atomic E-state index is 5.39. The van der Waals surface area contributed by atoms with Crippen LogP contribution in [0.3, 0.4) is 0 Å². The van der Waals surface area contributed by atoms with Crippen LogP contribution < -0.4 is 10.6 Å². The van der Waals surface area contributed by atoms with Crippen LogP contribution in [-0.4, -0.2) is 35.7 Å². The lowest BCUT2D eigenvalue weighted by molar-refractivity contribution is 0.267. The third-order valence-corrected chi connectivity index (χ3v) is 4.49. The highest BCUT2D eigenvalue weighted by Crippen LogP contribution is 2.17. The summed E-state index contributed by atoms with van der Waals surface area (Å²) in [5.74, 6) is 0.562. The Morgan fingerprint density at radius 2 is 2.05 bits per heavy atom. The predicted octanol–water partition coefficient (Wildman–Crippen LogP) is 3.58. The van der Waals surface area contributed by atoms with Gasteiger partial charge in [-0.1, -0.05) is 32.9 Å². The lowest BCUT2D eigenvalue weighted by Gasteiger charge is -2.23. The molecule has 1 aromatic carbocycles. The monoisotopic (exact) mass is 305 g/mol.